The highest BCUT2D eigenvalue weighted by atomic mass is 32.2. The van der Waals surface area contributed by atoms with Crippen LogP contribution < -0.4 is 0 Å². The van der Waals surface area contributed by atoms with Crippen LogP contribution in [-0.4, -0.2) is 24.3 Å². The van der Waals surface area contributed by atoms with Gasteiger partial charge in [-0.3, -0.25) is 0 Å². The van der Waals surface area contributed by atoms with E-state index in [1.54, 1.807) is 18.2 Å². The molecule has 0 spiro atoms. The first-order chi connectivity index (χ1) is 14.0. The molecule has 0 bridgehead atoms. The van der Waals surface area contributed by atoms with Crippen LogP contribution in [0.4, 0.5) is 17.6 Å². The van der Waals surface area contributed by atoms with Gasteiger partial charge in [-0.05, 0) is 42.0 Å². The Morgan fingerprint density at radius 1 is 0.933 bits per heavy atom. The van der Waals surface area contributed by atoms with Gasteiger partial charge in [-0.15, -0.1) is 0 Å². The fourth-order valence-corrected chi connectivity index (χ4v) is 3.84. The molecule has 2 aromatic carbocycles. The minimum absolute atomic E-state index is 0.106. The van der Waals surface area contributed by atoms with Crippen LogP contribution in [0.15, 0.2) is 71.8 Å². The van der Waals surface area contributed by atoms with E-state index in [1.165, 1.54) is 36.4 Å². The third kappa shape index (κ3) is 3.68. The Bertz CT molecular complexity index is 1360. The quantitative estimate of drug-likeness (QED) is 0.415. The van der Waals surface area contributed by atoms with E-state index in [-0.39, 0.29) is 10.6 Å². The molecular formula is C21H14F4N2O2S. The van der Waals surface area contributed by atoms with Crippen molar-refractivity contribution in [1.29, 1.82) is 0 Å². The number of benzene rings is 2. The first-order valence-electron chi connectivity index (χ1n) is 8.70. The third-order valence-corrected chi connectivity index (χ3v) is 5.75. The summed E-state index contributed by atoms with van der Waals surface area (Å²) in [5.74, 6) is -0.515. The van der Waals surface area contributed by atoms with Gasteiger partial charge in [0, 0.05) is 23.6 Å². The summed E-state index contributed by atoms with van der Waals surface area (Å²) in [7, 11) is -3.42. The molecule has 0 saturated heterocycles. The normalized spacial score (nSPS) is 12.4. The lowest BCUT2D eigenvalue weighted by Crippen LogP contribution is -2.06. The van der Waals surface area contributed by atoms with E-state index in [2.05, 4.69) is 5.10 Å². The van der Waals surface area contributed by atoms with Crippen molar-refractivity contribution in [1.82, 2.24) is 9.61 Å². The first-order valence-corrected chi connectivity index (χ1v) is 10.6. The van der Waals surface area contributed by atoms with Gasteiger partial charge in [0.1, 0.15) is 11.5 Å². The van der Waals surface area contributed by atoms with E-state index in [9.17, 15) is 26.0 Å². The molecule has 0 unspecified atom stereocenters. The average molecular weight is 434 g/mol. The summed E-state index contributed by atoms with van der Waals surface area (Å²) in [6, 6.07) is 13.7. The van der Waals surface area contributed by atoms with Crippen LogP contribution in [0.5, 0.6) is 0 Å². The summed E-state index contributed by atoms with van der Waals surface area (Å²) in [4.78, 5) is 0.106. The van der Waals surface area contributed by atoms with E-state index >= 15 is 0 Å². The van der Waals surface area contributed by atoms with Crippen LogP contribution >= 0.6 is 0 Å². The Labute approximate surface area is 169 Å². The standard InChI is InChI=1S/C21H14F4N2O2S/c1-30(28,29)17-8-5-13(6-9-17)19-18-10-7-15(21(23,24)25)12-27(18)26-20(19)14-3-2-4-16(22)11-14/h2-12H,1H3. The Kier molecular flexibility index (Phi) is 4.65. The lowest BCUT2D eigenvalue weighted by atomic mass is 9.99. The molecule has 9 heteroatoms. The van der Waals surface area contributed by atoms with Gasteiger partial charge in [-0.1, -0.05) is 24.3 Å². The number of alkyl halides is 3. The van der Waals surface area contributed by atoms with E-state index in [0.717, 1.165) is 23.0 Å². The Balaban J connectivity index is 1.99. The molecule has 0 fully saturated rings. The van der Waals surface area contributed by atoms with Crippen LogP contribution in [0.25, 0.3) is 27.9 Å². The molecule has 2 heterocycles. The molecule has 0 amide bonds. The number of aromatic nitrogens is 2. The molecule has 0 aliphatic heterocycles. The predicted molar refractivity (Wildman–Crippen MR) is 104 cm³/mol. The lowest BCUT2D eigenvalue weighted by Gasteiger charge is -2.07. The number of pyridine rings is 1. The maximum absolute atomic E-state index is 13.8. The largest absolute Gasteiger partial charge is 0.417 e. The van der Waals surface area contributed by atoms with Gasteiger partial charge in [0.15, 0.2) is 9.84 Å². The van der Waals surface area contributed by atoms with Crippen molar-refractivity contribution in [3.05, 3.63) is 78.2 Å². The van der Waals surface area contributed by atoms with Crippen molar-refractivity contribution in [2.75, 3.05) is 6.26 Å². The second-order valence-electron chi connectivity index (χ2n) is 6.78. The van der Waals surface area contributed by atoms with Gasteiger partial charge in [0.05, 0.1) is 16.0 Å². The van der Waals surface area contributed by atoms with Crippen molar-refractivity contribution in [2.24, 2.45) is 0 Å². The summed E-state index contributed by atoms with van der Waals surface area (Å²) in [6.07, 6.45) is -2.60. The molecule has 4 nitrogen and oxygen atoms in total. The predicted octanol–water partition coefficient (Wildman–Crippen LogP) is 5.23. The van der Waals surface area contributed by atoms with Crippen LogP contribution in [0, 0.1) is 5.82 Å². The fraction of sp³-hybridized carbons (Fsp3) is 0.0952. The fourth-order valence-electron chi connectivity index (χ4n) is 3.21. The molecule has 30 heavy (non-hydrogen) atoms. The monoisotopic (exact) mass is 434 g/mol. The van der Waals surface area contributed by atoms with Gasteiger partial charge < -0.3 is 0 Å². The van der Waals surface area contributed by atoms with Crippen molar-refractivity contribution in [3.63, 3.8) is 0 Å². The maximum atomic E-state index is 13.8. The zero-order valence-electron chi connectivity index (χ0n) is 15.5. The lowest BCUT2D eigenvalue weighted by molar-refractivity contribution is -0.137. The van der Waals surface area contributed by atoms with E-state index < -0.39 is 27.4 Å². The SMILES string of the molecule is CS(=O)(=O)c1ccc(-c2c(-c3cccc(F)c3)nn3cc(C(F)(F)F)ccc23)cc1. The number of hydrogen-bond donors (Lipinski definition) is 0. The third-order valence-electron chi connectivity index (χ3n) is 4.63. The van der Waals surface area contributed by atoms with Crippen LogP contribution in [-0.2, 0) is 16.0 Å². The van der Waals surface area contributed by atoms with Crippen molar-refractivity contribution in [3.8, 4) is 22.4 Å². The van der Waals surface area contributed by atoms with Crippen molar-refractivity contribution >= 4 is 15.4 Å². The number of nitrogens with zero attached hydrogens (tertiary/aromatic N) is 2. The number of sulfone groups is 1. The molecule has 0 radical (unpaired) electrons. The summed E-state index contributed by atoms with van der Waals surface area (Å²) < 4.78 is 77.8. The summed E-state index contributed by atoms with van der Waals surface area (Å²) >= 11 is 0. The van der Waals surface area contributed by atoms with Gasteiger partial charge in [-0.2, -0.15) is 18.3 Å². The number of rotatable bonds is 3. The topological polar surface area (TPSA) is 51.4 Å². The molecule has 0 aliphatic carbocycles. The molecule has 0 atom stereocenters. The second kappa shape index (κ2) is 6.94. The van der Waals surface area contributed by atoms with E-state index in [0.29, 0.717) is 22.2 Å². The molecule has 2 aromatic heterocycles. The number of hydrogen-bond acceptors (Lipinski definition) is 3. The maximum Gasteiger partial charge on any atom is 0.417 e. The zero-order chi connectivity index (χ0) is 21.7. The molecule has 0 N–H and O–H groups in total. The van der Waals surface area contributed by atoms with Crippen LogP contribution in [0.2, 0.25) is 0 Å². The molecule has 0 aliphatic rings. The summed E-state index contributed by atoms with van der Waals surface area (Å²) in [5.41, 5.74) is 1.16. The van der Waals surface area contributed by atoms with Gasteiger partial charge in [-0.25, -0.2) is 17.3 Å². The molecule has 0 saturated carbocycles. The minimum Gasteiger partial charge on any atom is -0.239 e. The van der Waals surface area contributed by atoms with Crippen LogP contribution in [0.3, 0.4) is 0 Å². The molecule has 154 valence electrons. The molecular weight excluding hydrogens is 420 g/mol. The molecule has 4 aromatic rings. The highest BCUT2D eigenvalue weighted by Gasteiger charge is 2.31. The van der Waals surface area contributed by atoms with Gasteiger partial charge >= 0.3 is 6.18 Å². The Hall–Kier alpha value is -3.20. The van der Waals surface area contributed by atoms with Gasteiger partial charge in [0.25, 0.3) is 0 Å². The Morgan fingerprint density at radius 2 is 1.63 bits per heavy atom. The highest BCUT2D eigenvalue weighted by Crippen LogP contribution is 2.37. The average Bonchev–Trinajstić information content (AvgIpc) is 3.05. The number of fused-ring (bicyclic) bond motifs is 1. The van der Waals surface area contributed by atoms with E-state index in [4.69, 9.17) is 0 Å². The smallest absolute Gasteiger partial charge is 0.239 e. The van der Waals surface area contributed by atoms with Crippen molar-refractivity contribution < 1.29 is 26.0 Å². The zero-order valence-corrected chi connectivity index (χ0v) is 16.3. The molecule has 4 rings (SSSR count). The Morgan fingerprint density at radius 3 is 2.23 bits per heavy atom. The minimum atomic E-state index is -4.55. The number of halogens is 4. The first kappa shape index (κ1) is 20.1. The van der Waals surface area contributed by atoms with Crippen molar-refractivity contribution in [2.45, 2.75) is 11.1 Å². The van der Waals surface area contributed by atoms with E-state index in [1.807, 2.05) is 0 Å². The second-order valence-corrected chi connectivity index (χ2v) is 8.79. The van der Waals surface area contributed by atoms with Crippen LogP contribution in [0.1, 0.15) is 5.56 Å². The highest BCUT2D eigenvalue weighted by molar-refractivity contribution is 7.90. The van der Waals surface area contributed by atoms with Gasteiger partial charge in [0.2, 0.25) is 0 Å². The summed E-state index contributed by atoms with van der Waals surface area (Å²) in [6.45, 7) is 0. The summed E-state index contributed by atoms with van der Waals surface area (Å²) in [5, 5.41) is 4.28.